The lowest BCUT2D eigenvalue weighted by Crippen LogP contribution is -2.26. The third-order valence-electron chi connectivity index (χ3n) is 3.27. The molecule has 0 fully saturated rings. The van der Waals surface area contributed by atoms with Crippen LogP contribution in [-0.4, -0.2) is 44.4 Å². The molecule has 0 aliphatic heterocycles. The molecule has 0 saturated carbocycles. The molecule has 0 heterocycles. The second-order valence-corrected chi connectivity index (χ2v) is 4.87. The van der Waals surface area contributed by atoms with Gasteiger partial charge < -0.3 is 19.5 Å². The molecule has 6 heteroatoms. The number of hydrogen-bond donors (Lipinski definition) is 1. The molecule has 1 aromatic carbocycles. The molecule has 0 amide bonds. The van der Waals surface area contributed by atoms with Gasteiger partial charge in [0.15, 0.2) is 0 Å². The van der Waals surface area contributed by atoms with Crippen LogP contribution in [0.2, 0.25) is 0 Å². The normalized spacial score (nSPS) is 10.1. The molecule has 0 spiro atoms. The molecular formula is C16H23NO5. The number of ether oxygens (including phenoxy) is 2. The van der Waals surface area contributed by atoms with Crippen molar-refractivity contribution in [2.24, 2.45) is 0 Å². The first-order valence-electron chi connectivity index (χ1n) is 7.24. The van der Waals surface area contributed by atoms with Crippen molar-refractivity contribution in [2.75, 3.05) is 32.2 Å². The number of esters is 2. The topological polar surface area (TPSA) is 76.1 Å². The van der Waals surface area contributed by atoms with Gasteiger partial charge in [-0.25, -0.2) is 0 Å². The highest BCUT2D eigenvalue weighted by Gasteiger charge is 2.10. The lowest BCUT2D eigenvalue weighted by Gasteiger charge is -2.24. The van der Waals surface area contributed by atoms with E-state index in [-0.39, 0.29) is 17.7 Å². The van der Waals surface area contributed by atoms with Crippen LogP contribution < -0.4 is 4.90 Å². The summed E-state index contributed by atoms with van der Waals surface area (Å²) in [5.74, 6) is -0.306. The number of hydrogen-bond acceptors (Lipinski definition) is 6. The quantitative estimate of drug-likeness (QED) is 0.704. The molecule has 0 aliphatic rings. The zero-order valence-corrected chi connectivity index (χ0v) is 13.1. The van der Waals surface area contributed by atoms with Crippen molar-refractivity contribution in [3.05, 3.63) is 24.3 Å². The highest BCUT2D eigenvalue weighted by Crippen LogP contribution is 2.21. The van der Waals surface area contributed by atoms with Crippen molar-refractivity contribution in [2.45, 2.75) is 25.7 Å². The number of rotatable bonds is 9. The monoisotopic (exact) mass is 309 g/mol. The van der Waals surface area contributed by atoms with Gasteiger partial charge in [0, 0.05) is 37.7 Å². The maximum Gasteiger partial charge on any atom is 0.305 e. The van der Waals surface area contributed by atoms with Crippen molar-refractivity contribution < 1.29 is 24.2 Å². The van der Waals surface area contributed by atoms with Crippen LogP contribution in [0.25, 0.3) is 0 Å². The number of phenols is 1. The van der Waals surface area contributed by atoms with Gasteiger partial charge in [-0.2, -0.15) is 0 Å². The van der Waals surface area contributed by atoms with Gasteiger partial charge >= 0.3 is 11.9 Å². The van der Waals surface area contributed by atoms with Crippen LogP contribution in [-0.2, 0) is 19.1 Å². The Balaban J connectivity index is 2.60. The van der Waals surface area contributed by atoms with Crippen molar-refractivity contribution in [1.29, 1.82) is 0 Å². The lowest BCUT2D eigenvalue weighted by molar-refractivity contribution is -0.141. The Bertz CT molecular complexity index is 467. The third kappa shape index (κ3) is 6.47. The zero-order chi connectivity index (χ0) is 16.4. The number of phenolic OH excluding ortho intramolecular Hbond substituents is 1. The fraction of sp³-hybridized carbons (Fsp3) is 0.500. The summed E-state index contributed by atoms with van der Waals surface area (Å²) in [6, 6.07) is 6.91. The van der Waals surface area contributed by atoms with Crippen LogP contribution in [0, 0.1) is 0 Å². The Morgan fingerprint density at radius 2 is 1.59 bits per heavy atom. The number of carbonyl (C=O) groups is 2. The molecule has 22 heavy (non-hydrogen) atoms. The molecule has 1 aromatic rings. The molecule has 1 N–H and O–H groups in total. The summed E-state index contributed by atoms with van der Waals surface area (Å²) < 4.78 is 9.25. The van der Waals surface area contributed by atoms with Gasteiger partial charge in [-0.3, -0.25) is 9.59 Å². The van der Waals surface area contributed by atoms with Crippen molar-refractivity contribution >= 4 is 17.6 Å². The maximum absolute atomic E-state index is 11.2. The Morgan fingerprint density at radius 3 is 2.05 bits per heavy atom. The predicted molar refractivity (Wildman–Crippen MR) is 82.8 cm³/mol. The third-order valence-corrected chi connectivity index (χ3v) is 3.27. The van der Waals surface area contributed by atoms with Gasteiger partial charge in [-0.1, -0.05) is 6.07 Å². The smallest absolute Gasteiger partial charge is 0.305 e. The Morgan fingerprint density at radius 1 is 1.05 bits per heavy atom. The summed E-state index contributed by atoms with van der Waals surface area (Å²) in [6.07, 6.45) is 1.95. The zero-order valence-electron chi connectivity index (χ0n) is 13.1. The minimum Gasteiger partial charge on any atom is -0.508 e. The molecule has 1 rings (SSSR count). The van der Waals surface area contributed by atoms with Crippen molar-refractivity contribution in [1.82, 2.24) is 0 Å². The highest BCUT2D eigenvalue weighted by atomic mass is 16.5. The highest BCUT2D eigenvalue weighted by molar-refractivity contribution is 5.69. The fourth-order valence-electron chi connectivity index (χ4n) is 2.09. The summed E-state index contributed by atoms with van der Waals surface area (Å²) in [5, 5.41) is 9.59. The molecule has 0 radical (unpaired) electrons. The van der Waals surface area contributed by atoms with Crippen LogP contribution in [0.15, 0.2) is 24.3 Å². The molecule has 0 unspecified atom stereocenters. The molecule has 0 aromatic heterocycles. The number of methoxy groups -OCH3 is 2. The number of benzene rings is 1. The van der Waals surface area contributed by atoms with Crippen LogP contribution in [0.4, 0.5) is 5.69 Å². The summed E-state index contributed by atoms with van der Waals surface area (Å²) in [5.41, 5.74) is 0.856. The first kappa shape index (κ1) is 17.8. The Labute approximate surface area is 130 Å². The van der Waals surface area contributed by atoms with Crippen LogP contribution >= 0.6 is 0 Å². The lowest BCUT2D eigenvalue weighted by atomic mass is 10.2. The average Bonchev–Trinajstić information content (AvgIpc) is 2.52. The average molecular weight is 309 g/mol. The van der Waals surface area contributed by atoms with Crippen molar-refractivity contribution in [3.63, 3.8) is 0 Å². The maximum atomic E-state index is 11.2. The summed E-state index contributed by atoms with van der Waals surface area (Å²) in [7, 11) is 2.73. The SMILES string of the molecule is COC(=O)CCCN(CCCC(=O)OC)c1cccc(O)c1. The van der Waals surface area contributed by atoms with Crippen LogP contribution in [0.5, 0.6) is 5.75 Å². The van der Waals surface area contributed by atoms with E-state index in [1.165, 1.54) is 14.2 Å². The standard InChI is InChI=1S/C16H23NO5/c1-21-15(19)8-4-10-17(11-5-9-16(20)22-2)13-6-3-7-14(18)12-13/h3,6-7,12,18H,4-5,8-11H2,1-2H3. The van der Waals surface area contributed by atoms with E-state index in [4.69, 9.17) is 0 Å². The summed E-state index contributed by atoms with van der Waals surface area (Å²) in [4.78, 5) is 24.4. The van der Waals surface area contributed by atoms with E-state index in [0.29, 0.717) is 38.8 Å². The molecule has 0 saturated heterocycles. The summed E-state index contributed by atoms with van der Waals surface area (Å²) >= 11 is 0. The first-order chi connectivity index (χ1) is 10.6. The van der Waals surface area contributed by atoms with E-state index in [1.807, 2.05) is 11.0 Å². The summed E-state index contributed by atoms with van der Waals surface area (Å²) in [6.45, 7) is 1.28. The first-order valence-corrected chi connectivity index (χ1v) is 7.24. The second kappa shape index (κ2) is 9.65. The minimum atomic E-state index is -0.245. The van der Waals surface area contributed by atoms with Crippen molar-refractivity contribution in [3.8, 4) is 5.75 Å². The molecule has 0 bridgehead atoms. The van der Waals surface area contributed by atoms with Gasteiger partial charge in [-0.05, 0) is 25.0 Å². The minimum absolute atomic E-state index is 0.184. The molecule has 0 aliphatic carbocycles. The van der Waals surface area contributed by atoms with E-state index in [0.717, 1.165) is 5.69 Å². The van der Waals surface area contributed by atoms with Gasteiger partial charge in [0.05, 0.1) is 14.2 Å². The van der Waals surface area contributed by atoms with Crippen LogP contribution in [0.1, 0.15) is 25.7 Å². The number of anilines is 1. The predicted octanol–water partition coefficient (Wildman–Crippen LogP) is 2.10. The van der Waals surface area contributed by atoms with Crippen LogP contribution in [0.3, 0.4) is 0 Å². The van der Waals surface area contributed by atoms with E-state index in [1.54, 1.807) is 18.2 Å². The number of carbonyl (C=O) groups excluding carboxylic acids is 2. The van der Waals surface area contributed by atoms with Gasteiger partial charge in [-0.15, -0.1) is 0 Å². The van der Waals surface area contributed by atoms with E-state index < -0.39 is 0 Å². The van der Waals surface area contributed by atoms with E-state index in [2.05, 4.69) is 9.47 Å². The van der Waals surface area contributed by atoms with Gasteiger partial charge in [0.25, 0.3) is 0 Å². The largest absolute Gasteiger partial charge is 0.508 e. The molecule has 0 atom stereocenters. The van der Waals surface area contributed by atoms with Gasteiger partial charge in [0.1, 0.15) is 5.75 Å². The number of nitrogens with zero attached hydrogens (tertiary/aromatic N) is 1. The van der Waals surface area contributed by atoms with Gasteiger partial charge in [0.2, 0.25) is 0 Å². The Kier molecular flexibility index (Phi) is 7.81. The Hall–Kier alpha value is -2.24. The number of aromatic hydroxyl groups is 1. The molecular weight excluding hydrogens is 286 g/mol. The van der Waals surface area contributed by atoms with E-state index in [9.17, 15) is 14.7 Å². The molecule has 6 nitrogen and oxygen atoms in total. The van der Waals surface area contributed by atoms with E-state index >= 15 is 0 Å². The fourth-order valence-corrected chi connectivity index (χ4v) is 2.09. The second-order valence-electron chi connectivity index (χ2n) is 4.87. The molecule has 122 valence electrons.